The van der Waals surface area contributed by atoms with Crippen molar-refractivity contribution in [3.05, 3.63) is 23.9 Å². The number of anilines is 1. The van der Waals surface area contributed by atoms with Gasteiger partial charge < -0.3 is 10.2 Å². The SMILES string of the molecule is CC(C)NCc1cccc(N(C)CC(F)(F)F)n1. The molecule has 6 heteroatoms. The lowest BCUT2D eigenvalue weighted by Gasteiger charge is -2.20. The number of aromatic nitrogens is 1. The summed E-state index contributed by atoms with van der Waals surface area (Å²) in [6.45, 7) is 3.55. The van der Waals surface area contributed by atoms with Crippen LogP contribution in [-0.2, 0) is 6.54 Å². The molecule has 0 saturated carbocycles. The molecule has 0 radical (unpaired) electrons. The van der Waals surface area contributed by atoms with Crippen molar-refractivity contribution in [2.24, 2.45) is 0 Å². The van der Waals surface area contributed by atoms with E-state index in [1.54, 1.807) is 18.2 Å². The summed E-state index contributed by atoms with van der Waals surface area (Å²) in [6, 6.07) is 5.39. The molecule has 0 aliphatic rings. The highest BCUT2D eigenvalue weighted by atomic mass is 19.4. The van der Waals surface area contributed by atoms with E-state index in [1.807, 2.05) is 13.8 Å². The molecule has 1 aromatic heterocycles. The summed E-state index contributed by atoms with van der Waals surface area (Å²) in [5, 5.41) is 3.17. The average molecular weight is 261 g/mol. The Hall–Kier alpha value is -1.30. The van der Waals surface area contributed by atoms with E-state index in [9.17, 15) is 13.2 Å². The van der Waals surface area contributed by atoms with Crippen molar-refractivity contribution in [1.82, 2.24) is 10.3 Å². The van der Waals surface area contributed by atoms with Gasteiger partial charge in [0.2, 0.25) is 0 Å². The molecule has 0 aliphatic carbocycles. The van der Waals surface area contributed by atoms with Crippen molar-refractivity contribution in [3.8, 4) is 0 Å². The highest BCUT2D eigenvalue weighted by Crippen LogP contribution is 2.19. The van der Waals surface area contributed by atoms with E-state index in [2.05, 4.69) is 10.3 Å². The van der Waals surface area contributed by atoms with Gasteiger partial charge in [-0.05, 0) is 12.1 Å². The lowest BCUT2D eigenvalue weighted by Crippen LogP contribution is -2.31. The summed E-state index contributed by atoms with van der Waals surface area (Å²) in [5.74, 6) is 0.329. The molecule has 0 saturated heterocycles. The van der Waals surface area contributed by atoms with Crippen LogP contribution in [0.15, 0.2) is 18.2 Å². The monoisotopic (exact) mass is 261 g/mol. The van der Waals surface area contributed by atoms with Crippen molar-refractivity contribution in [3.63, 3.8) is 0 Å². The predicted molar refractivity (Wildman–Crippen MR) is 65.5 cm³/mol. The number of alkyl halides is 3. The zero-order valence-electron chi connectivity index (χ0n) is 10.8. The van der Waals surface area contributed by atoms with Gasteiger partial charge >= 0.3 is 6.18 Å². The molecule has 3 nitrogen and oxygen atoms in total. The number of rotatable bonds is 5. The zero-order valence-corrected chi connectivity index (χ0v) is 10.8. The first-order valence-corrected chi connectivity index (χ1v) is 5.75. The molecule has 0 atom stereocenters. The van der Waals surface area contributed by atoms with E-state index >= 15 is 0 Å². The minimum Gasteiger partial charge on any atom is -0.351 e. The molecule has 1 aromatic rings. The summed E-state index contributed by atoms with van der Waals surface area (Å²) >= 11 is 0. The number of halogens is 3. The van der Waals surface area contributed by atoms with Crippen molar-refractivity contribution in [2.75, 3.05) is 18.5 Å². The summed E-state index contributed by atoms with van der Waals surface area (Å²) < 4.78 is 36.8. The number of nitrogens with one attached hydrogen (secondary N) is 1. The molecule has 1 rings (SSSR count). The van der Waals surface area contributed by atoms with Gasteiger partial charge in [-0.3, -0.25) is 0 Å². The van der Waals surface area contributed by atoms with Crippen LogP contribution in [0.2, 0.25) is 0 Å². The van der Waals surface area contributed by atoms with E-state index in [1.165, 1.54) is 7.05 Å². The molecule has 0 amide bonds. The smallest absolute Gasteiger partial charge is 0.351 e. The summed E-state index contributed by atoms with van der Waals surface area (Å²) in [5.41, 5.74) is 0.732. The van der Waals surface area contributed by atoms with Crippen LogP contribution in [0.4, 0.5) is 19.0 Å². The second-order valence-electron chi connectivity index (χ2n) is 4.49. The Labute approximate surface area is 105 Å². The topological polar surface area (TPSA) is 28.2 Å². The average Bonchev–Trinajstić information content (AvgIpc) is 2.24. The minimum absolute atomic E-state index is 0.309. The van der Waals surface area contributed by atoms with E-state index in [4.69, 9.17) is 0 Å². The first kappa shape index (κ1) is 14.8. The minimum atomic E-state index is -4.22. The van der Waals surface area contributed by atoms with Crippen LogP contribution in [0.3, 0.4) is 0 Å². The first-order chi connectivity index (χ1) is 8.28. The zero-order chi connectivity index (χ0) is 13.8. The van der Waals surface area contributed by atoms with Gasteiger partial charge in [-0.15, -0.1) is 0 Å². The van der Waals surface area contributed by atoms with Crippen LogP contribution >= 0.6 is 0 Å². The van der Waals surface area contributed by atoms with Crippen molar-refractivity contribution < 1.29 is 13.2 Å². The van der Waals surface area contributed by atoms with E-state index in [0.717, 1.165) is 10.6 Å². The molecule has 1 heterocycles. The maximum Gasteiger partial charge on any atom is 0.405 e. The van der Waals surface area contributed by atoms with Crippen LogP contribution in [0.1, 0.15) is 19.5 Å². The quantitative estimate of drug-likeness (QED) is 0.883. The van der Waals surface area contributed by atoms with Crippen LogP contribution in [0.25, 0.3) is 0 Å². The van der Waals surface area contributed by atoms with Crippen LogP contribution in [-0.4, -0.2) is 30.8 Å². The molecule has 0 spiro atoms. The second kappa shape index (κ2) is 6.04. The molecule has 0 aromatic carbocycles. The molecule has 0 fully saturated rings. The molecule has 0 unspecified atom stereocenters. The molecule has 18 heavy (non-hydrogen) atoms. The molecule has 0 aliphatic heterocycles. The van der Waals surface area contributed by atoms with Gasteiger partial charge in [-0.2, -0.15) is 13.2 Å². The number of nitrogens with zero attached hydrogens (tertiary/aromatic N) is 2. The molecular weight excluding hydrogens is 243 g/mol. The summed E-state index contributed by atoms with van der Waals surface area (Å²) in [6.07, 6.45) is -4.22. The van der Waals surface area contributed by atoms with Gasteiger partial charge in [0.15, 0.2) is 0 Å². The Morgan fingerprint density at radius 2 is 2.00 bits per heavy atom. The molecule has 0 bridgehead atoms. The Morgan fingerprint density at radius 1 is 1.33 bits per heavy atom. The summed E-state index contributed by atoms with van der Waals surface area (Å²) in [7, 11) is 1.38. The Kier molecular flexibility index (Phi) is 4.95. The highest BCUT2D eigenvalue weighted by Gasteiger charge is 2.29. The fourth-order valence-electron chi connectivity index (χ4n) is 1.44. The lowest BCUT2D eigenvalue weighted by molar-refractivity contribution is -0.119. The lowest BCUT2D eigenvalue weighted by atomic mass is 10.3. The van der Waals surface area contributed by atoms with E-state index in [-0.39, 0.29) is 0 Å². The van der Waals surface area contributed by atoms with Gasteiger partial charge in [0, 0.05) is 19.6 Å². The van der Waals surface area contributed by atoms with Gasteiger partial charge in [0.25, 0.3) is 0 Å². The third kappa shape index (κ3) is 5.35. The van der Waals surface area contributed by atoms with Gasteiger partial charge in [-0.1, -0.05) is 19.9 Å². The van der Waals surface area contributed by atoms with Gasteiger partial charge in [0.05, 0.1) is 5.69 Å². The number of hydrogen-bond acceptors (Lipinski definition) is 3. The predicted octanol–water partition coefficient (Wildman–Crippen LogP) is 2.58. The molecule has 1 N–H and O–H groups in total. The maximum absolute atomic E-state index is 12.3. The second-order valence-corrected chi connectivity index (χ2v) is 4.49. The van der Waals surface area contributed by atoms with Crippen LogP contribution in [0.5, 0.6) is 0 Å². The highest BCUT2D eigenvalue weighted by molar-refractivity contribution is 5.38. The number of pyridine rings is 1. The largest absolute Gasteiger partial charge is 0.405 e. The van der Waals surface area contributed by atoms with Crippen molar-refractivity contribution >= 4 is 5.82 Å². The fourth-order valence-corrected chi connectivity index (χ4v) is 1.44. The van der Waals surface area contributed by atoms with Gasteiger partial charge in [0.1, 0.15) is 12.4 Å². The van der Waals surface area contributed by atoms with Crippen LogP contribution in [0, 0.1) is 0 Å². The maximum atomic E-state index is 12.3. The molecule has 102 valence electrons. The van der Waals surface area contributed by atoms with Crippen molar-refractivity contribution in [2.45, 2.75) is 32.6 Å². The summed E-state index contributed by atoms with van der Waals surface area (Å²) in [4.78, 5) is 5.29. The Balaban J connectivity index is 2.69. The Bertz CT molecular complexity index is 377. The number of hydrogen-bond donors (Lipinski definition) is 1. The fraction of sp³-hybridized carbons (Fsp3) is 0.583. The van der Waals surface area contributed by atoms with Crippen LogP contribution < -0.4 is 10.2 Å². The van der Waals surface area contributed by atoms with E-state index < -0.39 is 12.7 Å². The Morgan fingerprint density at radius 3 is 2.56 bits per heavy atom. The third-order valence-electron chi connectivity index (χ3n) is 2.29. The van der Waals surface area contributed by atoms with Crippen molar-refractivity contribution in [1.29, 1.82) is 0 Å². The normalized spacial score (nSPS) is 11.9. The molecular formula is C12H18F3N3. The van der Waals surface area contributed by atoms with E-state index in [0.29, 0.717) is 18.4 Å². The van der Waals surface area contributed by atoms with Gasteiger partial charge in [-0.25, -0.2) is 4.98 Å². The standard InChI is InChI=1S/C12H18F3N3/c1-9(2)16-7-10-5-4-6-11(17-10)18(3)8-12(13,14)15/h4-6,9,16H,7-8H2,1-3H3. The first-order valence-electron chi connectivity index (χ1n) is 5.75. The third-order valence-corrected chi connectivity index (χ3v) is 2.29.